The second kappa shape index (κ2) is 9.92. The van der Waals surface area contributed by atoms with Crippen molar-refractivity contribution in [1.82, 2.24) is 15.1 Å². The van der Waals surface area contributed by atoms with Crippen LogP contribution in [0.5, 0.6) is 5.75 Å². The molecule has 6 nitrogen and oxygen atoms in total. The highest BCUT2D eigenvalue weighted by atomic mass is 16.5. The van der Waals surface area contributed by atoms with E-state index < -0.39 is 6.04 Å². The van der Waals surface area contributed by atoms with Crippen molar-refractivity contribution in [3.63, 3.8) is 0 Å². The Balaban J connectivity index is 2.01. The fourth-order valence-corrected chi connectivity index (χ4v) is 3.67. The Bertz CT molecular complexity index is 649. The zero-order chi connectivity index (χ0) is 20.8. The summed E-state index contributed by atoms with van der Waals surface area (Å²) >= 11 is 0. The Morgan fingerprint density at radius 3 is 2.14 bits per heavy atom. The molecule has 0 radical (unpaired) electrons. The van der Waals surface area contributed by atoms with Crippen LogP contribution in [0, 0.1) is 5.92 Å². The summed E-state index contributed by atoms with van der Waals surface area (Å²) in [6, 6.07) is 7.13. The van der Waals surface area contributed by atoms with Crippen LogP contribution in [0.2, 0.25) is 0 Å². The third-order valence-electron chi connectivity index (χ3n) is 5.70. The molecule has 1 atom stereocenters. The third-order valence-corrected chi connectivity index (χ3v) is 5.70. The van der Waals surface area contributed by atoms with E-state index in [0.717, 1.165) is 25.9 Å². The maximum atomic E-state index is 13.1. The van der Waals surface area contributed by atoms with Crippen molar-refractivity contribution >= 4 is 11.8 Å². The van der Waals surface area contributed by atoms with E-state index in [1.165, 1.54) is 0 Å². The lowest BCUT2D eigenvalue weighted by molar-refractivity contribution is -0.136. The van der Waals surface area contributed by atoms with Gasteiger partial charge in [-0.05, 0) is 56.9 Å². The van der Waals surface area contributed by atoms with Crippen molar-refractivity contribution in [2.24, 2.45) is 5.92 Å². The molecular formula is C22H35N3O3. The minimum Gasteiger partial charge on any atom is -0.497 e. The van der Waals surface area contributed by atoms with E-state index in [1.54, 1.807) is 31.4 Å². The van der Waals surface area contributed by atoms with Gasteiger partial charge in [0.15, 0.2) is 0 Å². The van der Waals surface area contributed by atoms with Crippen molar-refractivity contribution in [3.8, 4) is 5.75 Å². The summed E-state index contributed by atoms with van der Waals surface area (Å²) in [4.78, 5) is 30.1. The molecule has 2 rings (SSSR count). The number of rotatable bonds is 7. The summed E-state index contributed by atoms with van der Waals surface area (Å²) in [5, 5.41) is 2.94. The Morgan fingerprint density at radius 2 is 1.68 bits per heavy atom. The molecule has 0 spiro atoms. The van der Waals surface area contributed by atoms with Crippen molar-refractivity contribution in [2.45, 2.75) is 58.7 Å². The molecule has 1 aromatic rings. The number of nitrogens with one attached hydrogen (secondary N) is 1. The molecule has 28 heavy (non-hydrogen) atoms. The summed E-state index contributed by atoms with van der Waals surface area (Å²) in [6.07, 6.45) is 1.94. The highest BCUT2D eigenvalue weighted by Gasteiger charge is 2.32. The minimum absolute atomic E-state index is 0.00732. The summed E-state index contributed by atoms with van der Waals surface area (Å²) in [5.41, 5.74) is 0.521. The van der Waals surface area contributed by atoms with Gasteiger partial charge in [0.1, 0.15) is 11.8 Å². The zero-order valence-corrected chi connectivity index (χ0v) is 18.1. The predicted molar refractivity (Wildman–Crippen MR) is 112 cm³/mol. The van der Waals surface area contributed by atoms with Gasteiger partial charge in [0.05, 0.1) is 7.11 Å². The second-order valence-electron chi connectivity index (χ2n) is 8.23. The number of benzene rings is 1. The summed E-state index contributed by atoms with van der Waals surface area (Å²) in [7, 11) is 3.46. The number of carbonyl (C=O) groups is 2. The molecule has 156 valence electrons. The number of hydrogen-bond donors (Lipinski definition) is 1. The highest BCUT2D eigenvalue weighted by molar-refractivity contribution is 5.97. The fourth-order valence-electron chi connectivity index (χ4n) is 3.67. The fraction of sp³-hybridized carbons (Fsp3) is 0.636. The van der Waals surface area contributed by atoms with Crippen LogP contribution in [0.3, 0.4) is 0 Å². The Kier molecular flexibility index (Phi) is 7.87. The number of likely N-dealkylation sites (N-methyl/N-ethyl adjacent to an activating group) is 1. The van der Waals surface area contributed by atoms with E-state index in [4.69, 9.17) is 4.74 Å². The molecule has 0 aromatic heterocycles. The van der Waals surface area contributed by atoms with Crippen molar-refractivity contribution in [1.29, 1.82) is 0 Å². The van der Waals surface area contributed by atoms with E-state index in [1.807, 2.05) is 25.8 Å². The molecule has 1 saturated heterocycles. The van der Waals surface area contributed by atoms with Gasteiger partial charge in [-0.1, -0.05) is 13.8 Å². The van der Waals surface area contributed by atoms with Gasteiger partial charge >= 0.3 is 0 Å². The number of piperidine rings is 1. The first-order valence-corrected chi connectivity index (χ1v) is 10.2. The smallest absolute Gasteiger partial charge is 0.251 e. The summed E-state index contributed by atoms with van der Waals surface area (Å²) < 4.78 is 5.13. The van der Waals surface area contributed by atoms with E-state index in [2.05, 4.69) is 24.1 Å². The molecule has 2 amide bonds. The normalized spacial score (nSPS) is 16.9. The van der Waals surface area contributed by atoms with E-state index in [0.29, 0.717) is 17.4 Å². The summed E-state index contributed by atoms with van der Waals surface area (Å²) in [6.45, 7) is 10.4. The quantitative estimate of drug-likeness (QED) is 0.779. The van der Waals surface area contributed by atoms with Crippen LogP contribution in [0.4, 0.5) is 0 Å². The van der Waals surface area contributed by atoms with Crippen LogP contribution in [0.1, 0.15) is 50.9 Å². The summed E-state index contributed by atoms with van der Waals surface area (Å²) in [5.74, 6) is 0.450. The van der Waals surface area contributed by atoms with Crippen molar-refractivity contribution < 1.29 is 14.3 Å². The predicted octanol–water partition coefficient (Wildman–Crippen LogP) is 2.78. The standard InChI is InChI=1S/C22H35N3O3/c1-15(2)20(23-21(26)17-7-9-19(28-6)10-8-17)22(27)24(5)18-11-13-25(14-12-18)16(3)4/h7-10,15-16,18,20H,11-14H2,1-6H3,(H,23,26). The van der Waals surface area contributed by atoms with E-state index in [9.17, 15) is 9.59 Å². The van der Waals surface area contributed by atoms with Gasteiger partial charge in [-0.15, -0.1) is 0 Å². The number of nitrogens with zero attached hydrogens (tertiary/aromatic N) is 2. The topological polar surface area (TPSA) is 61.9 Å². The monoisotopic (exact) mass is 389 g/mol. The molecule has 0 aliphatic carbocycles. The molecule has 0 bridgehead atoms. The first-order chi connectivity index (χ1) is 13.2. The van der Waals surface area contributed by atoms with Gasteiger partial charge in [0.2, 0.25) is 5.91 Å². The van der Waals surface area contributed by atoms with Gasteiger partial charge in [-0.2, -0.15) is 0 Å². The van der Waals surface area contributed by atoms with Gasteiger partial charge in [-0.25, -0.2) is 0 Å². The Labute approximate surface area is 169 Å². The van der Waals surface area contributed by atoms with Crippen LogP contribution in [0.25, 0.3) is 0 Å². The molecule has 1 aromatic carbocycles. The lowest BCUT2D eigenvalue weighted by Gasteiger charge is -2.40. The molecule has 1 N–H and O–H groups in total. The Morgan fingerprint density at radius 1 is 1.11 bits per heavy atom. The highest BCUT2D eigenvalue weighted by Crippen LogP contribution is 2.19. The molecule has 1 heterocycles. The molecule has 1 unspecified atom stereocenters. The average molecular weight is 390 g/mol. The zero-order valence-electron chi connectivity index (χ0n) is 18.1. The van der Waals surface area contributed by atoms with Gasteiger partial charge in [0.25, 0.3) is 5.91 Å². The molecular weight excluding hydrogens is 354 g/mol. The van der Waals surface area contributed by atoms with Crippen LogP contribution >= 0.6 is 0 Å². The number of ether oxygens (including phenoxy) is 1. The molecule has 0 saturated carbocycles. The van der Waals surface area contributed by atoms with Gasteiger partial charge < -0.3 is 19.9 Å². The van der Waals surface area contributed by atoms with Crippen LogP contribution < -0.4 is 10.1 Å². The number of amides is 2. The third kappa shape index (κ3) is 5.47. The molecule has 6 heteroatoms. The lowest BCUT2D eigenvalue weighted by atomic mass is 9.98. The van der Waals surface area contributed by atoms with Gasteiger partial charge in [0, 0.05) is 37.8 Å². The number of hydrogen-bond acceptors (Lipinski definition) is 4. The van der Waals surface area contributed by atoms with Crippen LogP contribution in [-0.4, -0.2) is 67.0 Å². The van der Waals surface area contributed by atoms with E-state index in [-0.39, 0.29) is 23.8 Å². The number of likely N-dealkylation sites (tertiary alicyclic amines) is 1. The largest absolute Gasteiger partial charge is 0.497 e. The second-order valence-corrected chi connectivity index (χ2v) is 8.23. The SMILES string of the molecule is COc1ccc(C(=O)NC(C(=O)N(C)C2CCN(C(C)C)CC2)C(C)C)cc1. The Hall–Kier alpha value is -2.08. The maximum absolute atomic E-state index is 13.1. The maximum Gasteiger partial charge on any atom is 0.251 e. The lowest BCUT2D eigenvalue weighted by Crippen LogP contribution is -2.55. The van der Waals surface area contributed by atoms with Crippen LogP contribution in [-0.2, 0) is 4.79 Å². The van der Waals surface area contributed by atoms with E-state index >= 15 is 0 Å². The molecule has 1 aliphatic heterocycles. The molecule has 1 aliphatic rings. The first kappa shape index (κ1) is 22.2. The minimum atomic E-state index is -0.539. The van der Waals surface area contributed by atoms with Gasteiger partial charge in [-0.3, -0.25) is 9.59 Å². The number of carbonyl (C=O) groups excluding carboxylic acids is 2. The van der Waals surface area contributed by atoms with Crippen molar-refractivity contribution in [3.05, 3.63) is 29.8 Å². The average Bonchev–Trinajstić information content (AvgIpc) is 2.70. The molecule has 1 fully saturated rings. The number of methoxy groups -OCH3 is 1. The van der Waals surface area contributed by atoms with Crippen molar-refractivity contribution in [2.75, 3.05) is 27.2 Å². The first-order valence-electron chi connectivity index (χ1n) is 10.2. The van der Waals surface area contributed by atoms with Crippen LogP contribution in [0.15, 0.2) is 24.3 Å².